The van der Waals surface area contributed by atoms with Gasteiger partial charge in [-0.3, -0.25) is 19.5 Å². The number of hydrogen-bond donors (Lipinski definition) is 0. The second kappa shape index (κ2) is 8.34. The fraction of sp³-hybridized carbons (Fsp3) is 0.448. The van der Waals surface area contributed by atoms with E-state index in [1.54, 1.807) is 0 Å². The van der Waals surface area contributed by atoms with E-state index >= 15 is 0 Å². The fourth-order valence-corrected chi connectivity index (χ4v) is 5.52. The lowest BCUT2D eigenvalue weighted by molar-refractivity contribution is -0.132. The quantitative estimate of drug-likeness (QED) is 0.639. The SMILES string of the molecule is CC(CN1C(=O)C2(CC2)N=C1c1ccc(-c2ccc(C#N)cc2)cc1)C1CCN(C(=O)C2CC2)C1. The minimum absolute atomic E-state index is 0.138. The number of nitriles is 1. The molecule has 2 aromatic rings. The molecule has 6 rings (SSSR count). The van der Waals surface area contributed by atoms with Crippen LogP contribution in [0.2, 0.25) is 0 Å². The van der Waals surface area contributed by atoms with Crippen molar-refractivity contribution in [2.75, 3.05) is 19.6 Å². The highest BCUT2D eigenvalue weighted by Crippen LogP contribution is 2.46. The standard InChI is InChI=1S/C29H30N4O2/c1-19(25-12-15-32(18-25)27(34)24-10-11-24)17-33-26(31-29(13-14-29)28(33)35)23-8-6-22(7-9-23)21-4-2-20(16-30)3-5-21/h2-9,19,24-25H,10-15,17-18H2,1H3. The van der Waals surface area contributed by atoms with E-state index in [0.29, 0.717) is 29.9 Å². The van der Waals surface area contributed by atoms with Gasteiger partial charge in [-0.05, 0) is 67.2 Å². The summed E-state index contributed by atoms with van der Waals surface area (Å²) in [6.45, 7) is 4.52. The molecule has 0 bridgehead atoms. The molecule has 4 aliphatic rings. The Labute approximate surface area is 206 Å². The minimum Gasteiger partial charge on any atom is -0.342 e. The van der Waals surface area contributed by atoms with Crippen LogP contribution in [0.15, 0.2) is 53.5 Å². The van der Waals surface area contributed by atoms with E-state index in [1.807, 2.05) is 46.2 Å². The van der Waals surface area contributed by atoms with E-state index < -0.39 is 5.54 Å². The molecule has 1 spiro atoms. The maximum Gasteiger partial charge on any atom is 0.256 e. The van der Waals surface area contributed by atoms with Gasteiger partial charge < -0.3 is 4.90 Å². The lowest BCUT2D eigenvalue weighted by Crippen LogP contribution is -2.41. The average Bonchev–Trinajstić information content (AvgIpc) is 3.81. The molecule has 0 N–H and O–H groups in total. The summed E-state index contributed by atoms with van der Waals surface area (Å²) in [5.74, 6) is 2.24. The second-order valence-corrected chi connectivity index (χ2v) is 10.7. The van der Waals surface area contributed by atoms with Crippen molar-refractivity contribution in [3.8, 4) is 17.2 Å². The lowest BCUT2D eigenvalue weighted by Gasteiger charge is -2.27. The molecule has 2 amide bonds. The third-order valence-corrected chi connectivity index (χ3v) is 8.17. The number of likely N-dealkylation sites (tertiary alicyclic amines) is 1. The van der Waals surface area contributed by atoms with Crippen molar-refractivity contribution in [1.29, 1.82) is 5.26 Å². The van der Waals surface area contributed by atoms with Crippen LogP contribution in [-0.4, -0.2) is 52.6 Å². The molecular formula is C29H30N4O2. The van der Waals surface area contributed by atoms with Crippen LogP contribution < -0.4 is 0 Å². The normalized spacial score (nSPS) is 23.4. The number of carbonyl (C=O) groups is 2. The summed E-state index contributed by atoms with van der Waals surface area (Å²) in [4.78, 5) is 34.8. The molecule has 2 aliphatic heterocycles. The molecule has 6 nitrogen and oxygen atoms in total. The van der Waals surface area contributed by atoms with Crippen molar-refractivity contribution >= 4 is 17.6 Å². The molecule has 2 heterocycles. The first kappa shape index (κ1) is 22.0. The number of carbonyl (C=O) groups excluding carboxylic acids is 2. The van der Waals surface area contributed by atoms with Gasteiger partial charge in [0.15, 0.2) is 0 Å². The molecule has 35 heavy (non-hydrogen) atoms. The highest BCUT2D eigenvalue weighted by atomic mass is 16.2. The summed E-state index contributed by atoms with van der Waals surface area (Å²) in [6, 6.07) is 17.9. The summed E-state index contributed by atoms with van der Waals surface area (Å²) in [5, 5.41) is 9.03. The van der Waals surface area contributed by atoms with Crippen LogP contribution in [-0.2, 0) is 9.59 Å². The van der Waals surface area contributed by atoms with Crippen LogP contribution in [0.4, 0.5) is 0 Å². The third-order valence-electron chi connectivity index (χ3n) is 8.17. The number of nitrogens with zero attached hydrogens (tertiary/aromatic N) is 4. The average molecular weight is 467 g/mol. The van der Waals surface area contributed by atoms with E-state index in [2.05, 4.69) is 25.1 Å². The highest BCUT2D eigenvalue weighted by molar-refractivity contribution is 6.16. The Balaban J connectivity index is 1.18. The van der Waals surface area contributed by atoms with Crippen molar-refractivity contribution in [2.24, 2.45) is 22.7 Å². The highest BCUT2D eigenvalue weighted by Gasteiger charge is 2.57. The predicted octanol–water partition coefficient (Wildman–Crippen LogP) is 4.24. The van der Waals surface area contributed by atoms with Gasteiger partial charge in [0.1, 0.15) is 11.4 Å². The Morgan fingerprint density at radius 3 is 2.29 bits per heavy atom. The van der Waals surface area contributed by atoms with Gasteiger partial charge >= 0.3 is 0 Å². The third kappa shape index (κ3) is 4.03. The topological polar surface area (TPSA) is 76.8 Å². The number of rotatable bonds is 6. The van der Waals surface area contributed by atoms with Crippen molar-refractivity contribution in [1.82, 2.24) is 9.80 Å². The van der Waals surface area contributed by atoms with Gasteiger partial charge in [-0.15, -0.1) is 0 Å². The molecule has 0 aromatic heterocycles. The summed E-state index contributed by atoms with van der Waals surface area (Å²) in [6.07, 6.45) is 4.76. The monoisotopic (exact) mass is 466 g/mol. The van der Waals surface area contributed by atoms with Crippen molar-refractivity contribution < 1.29 is 9.59 Å². The first-order chi connectivity index (χ1) is 17.0. The van der Waals surface area contributed by atoms with Gasteiger partial charge in [0, 0.05) is 31.1 Å². The minimum atomic E-state index is -0.537. The van der Waals surface area contributed by atoms with Gasteiger partial charge in [0.05, 0.1) is 11.6 Å². The molecule has 178 valence electrons. The molecule has 2 unspecified atom stereocenters. The van der Waals surface area contributed by atoms with Crippen LogP contribution in [0.5, 0.6) is 0 Å². The van der Waals surface area contributed by atoms with Crippen LogP contribution in [0.1, 0.15) is 50.2 Å². The molecule has 2 aliphatic carbocycles. The molecule has 2 saturated carbocycles. The number of amidine groups is 1. The van der Waals surface area contributed by atoms with E-state index in [-0.39, 0.29) is 11.8 Å². The summed E-state index contributed by atoms with van der Waals surface area (Å²) >= 11 is 0. The first-order valence-electron chi connectivity index (χ1n) is 12.8. The Kier molecular flexibility index (Phi) is 5.25. The Morgan fingerprint density at radius 1 is 1.06 bits per heavy atom. The van der Waals surface area contributed by atoms with Crippen LogP contribution in [0, 0.1) is 29.1 Å². The molecule has 2 aromatic carbocycles. The van der Waals surface area contributed by atoms with E-state index in [9.17, 15) is 9.59 Å². The van der Waals surface area contributed by atoms with Crippen LogP contribution >= 0.6 is 0 Å². The smallest absolute Gasteiger partial charge is 0.256 e. The van der Waals surface area contributed by atoms with Gasteiger partial charge in [0.25, 0.3) is 5.91 Å². The van der Waals surface area contributed by atoms with Crippen molar-refractivity contribution in [2.45, 2.75) is 44.6 Å². The van der Waals surface area contributed by atoms with Crippen LogP contribution in [0.25, 0.3) is 11.1 Å². The molecule has 3 fully saturated rings. The van der Waals surface area contributed by atoms with E-state index in [0.717, 1.165) is 67.7 Å². The molecule has 1 saturated heterocycles. The summed E-state index contributed by atoms with van der Waals surface area (Å²) < 4.78 is 0. The zero-order chi connectivity index (χ0) is 24.2. The number of benzene rings is 2. The zero-order valence-corrected chi connectivity index (χ0v) is 20.1. The van der Waals surface area contributed by atoms with Gasteiger partial charge in [-0.2, -0.15) is 5.26 Å². The van der Waals surface area contributed by atoms with Gasteiger partial charge in [-0.1, -0.05) is 43.3 Å². The lowest BCUT2D eigenvalue weighted by atomic mass is 9.92. The number of amides is 2. The molecule has 0 radical (unpaired) electrons. The number of hydrogen-bond acceptors (Lipinski definition) is 4. The maximum absolute atomic E-state index is 13.4. The Hall–Kier alpha value is -3.46. The first-order valence-corrected chi connectivity index (χ1v) is 12.8. The van der Waals surface area contributed by atoms with E-state index in [4.69, 9.17) is 10.3 Å². The van der Waals surface area contributed by atoms with Crippen LogP contribution in [0.3, 0.4) is 0 Å². The predicted molar refractivity (Wildman–Crippen MR) is 133 cm³/mol. The van der Waals surface area contributed by atoms with Gasteiger partial charge in [0.2, 0.25) is 5.91 Å². The molecule has 2 atom stereocenters. The fourth-order valence-electron chi connectivity index (χ4n) is 5.52. The summed E-state index contributed by atoms with van der Waals surface area (Å²) in [5.41, 5.74) is 3.19. The molecular weight excluding hydrogens is 436 g/mol. The largest absolute Gasteiger partial charge is 0.342 e. The maximum atomic E-state index is 13.4. The van der Waals surface area contributed by atoms with Crippen molar-refractivity contribution in [3.63, 3.8) is 0 Å². The van der Waals surface area contributed by atoms with Gasteiger partial charge in [-0.25, -0.2) is 0 Å². The Morgan fingerprint density at radius 2 is 1.69 bits per heavy atom. The zero-order valence-electron chi connectivity index (χ0n) is 20.1. The Bertz CT molecular complexity index is 1230. The molecule has 6 heteroatoms. The van der Waals surface area contributed by atoms with Crippen molar-refractivity contribution in [3.05, 3.63) is 59.7 Å². The van der Waals surface area contributed by atoms with E-state index in [1.165, 1.54) is 0 Å². The number of aliphatic imine (C=N–C) groups is 1. The summed E-state index contributed by atoms with van der Waals surface area (Å²) in [7, 11) is 0. The second-order valence-electron chi connectivity index (χ2n) is 10.7.